The van der Waals surface area contributed by atoms with Crippen LogP contribution in [0.1, 0.15) is 5.56 Å². The SMILES string of the molecule is C#CCOc1ccc(C=C(C#N)C(=O)Nc2ccc(OC)c(Cl)c2)cc1. The van der Waals surface area contributed by atoms with Crippen LogP contribution < -0.4 is 14.8 Å². The fraction of sp³-hybridized carbons (Fsp3) is 0.100. The Kier molecular flexibility index (Phi) is 6.68. The van der Waals surface area contributed by atoms with Crippen molar-refractivity contribution >= 4 is 29.3 Å². The maximum atomic E-state index is 12.3. The first-order valence-corrected chi connectivity index (χ1v) is 7.88. The van der Waals surface area contributed by atoms with E-state index in [1.54, 1.807) is 42.5 Å². The Bertz CT molecular complexity index is 906. The highest BCUT2D eigenvalue weighted by molar-refractivity contribution is 6.32. The number of terminal acetylenes is 1. The van der Waals surface area contributed by atoms with Crippen molar-refractivity contribution in [3.05, 3.63) is 58.6 Å². The zero-order valence-corrected chi connectivity index (χ0v) is 14.7. The molecule has 0 saturated heterocycles. The van der Waals surface area contributed by atoms with E-state index in [0.29, 0.717) is 27.8 Å². The highest BCUT2D eigenvalue weighted by Gasteiger charge is 2.11. The van der Waals surface area contributed by atoms with Crippen molar-refractivity contribution in [3.8, 4) is 29.9 Å². The third-order valence-electron chi connectivity index (χ3n) is 3.29. The zero-order chi connectivity index (χ0) is 18.9. The van der Waals surface area contributed by atoms with Gasteiger partial charge in [-0.1, -0.05) is 29.7 Å². The van der Waals surface area contributed by atoms with Gasteiger partial charge in [-0.2, -0.15) is 5.26 Å². The first-order chi connectivity index (χ1) is 12.6. The standard InChI is InChI=1S/C20H15ClN2O3/c1-3-10-26-17-7-4-14(5-8-17)11-15(13-22)20(24)23-16-6-9-19(25-2)18(21)12-16/h1,4-9,11-12H,10H2,2H3,(H,23,24). The molecule has 2 aromatic carbocycles. The summed E-state index contributed by atoms with van der Waals surface area (Å²) in [5, 5.41) is 12.3. The minimum Gasteiger partial charge on any atom is -0.495 e. The van der Waals surface area contributed by atoms with Crippen molar-refractivity contribution in [1.29, 1.82) is 5.26 Å². The van der Waals surface area contributed by atoms with Gasteiger partial charge in [0, 0.05) is 5.69 Å². The van der Waals surface area contributed by atoms with E-state index >= 15 is 0 Å². The molecule has 0 bridgehead atoms. The fourth-order valence-electron chi connectivity index (χ4n) is 2.04. The summed E-state index contributed by atoms with van der Waals surface area (Å²) in [7, 11) is 1.50. The van der Waals surface area contributed by atoms with E-state index in [4.69, 9.17) is 27.5 Å². The minimum atomic E-state index is -0.540. The van der Waals surface area contributed by atoms with Crippen molar-refractivity contribution in [2.75, 3.05) is 19.0 Å². The van der Waals surface area contributed by atoms with E-state index in [1.807, 2.05) is 6.07 Å². The number of amides is 1. The Morgan fingerprint density at radius 2 is 2.04 bits per heavy atom. The van der Waals surface area contributed by atoms with E-state index in [9.17, 15) is 10.1 Å². The van der Waals surface area contributed by atoms with Gasteiger partial charge in [0.25, 0.3) is 5.91 Å². The van der Waals surface area contributed by atoms with Gasteiger partial charge in [0.05, 0.1) is 12.1 Å². The van der Waals surface area contributed by atoms with Crippen LogP contribution in [0.5, 0.6) is 11.5 Å². The largest absolute Gasteiger partial charge is 0.495 e. The lowest BCUT2D eigenvalue weighted by molar-refractivity contribution is -0.112. The Hall–Kier alpha value is -3.41. The lowest BCUT2D eigenvalue weighted by atomic mass is 10.1. The predicted octanol–water partition coefficient (Wildman–Crippen LogP) is 3.91. The van der Waals surface area contributed by atoms with Crippen LogP contribution >= 0.6 is 11.6 Å². The molecule has 1 amide bonds. The van der Waals surface area contributed by atoms with Crippen molar-refractivity contribution in [3.63, 3.8) is 0 Å². The highest BCUT2D eigenvalue weighted by Crippen LogP contribution is 2.27. The Labute approximate surface area is 156 Å². The number of benzene rings is 2. The fourth-order valence-corrected chi connectivity index (χ4v) is 2.30. The first-order valence-electron chi connectivity index (χ1n) is 7.50. The van der Waals surface area contributed by atoms with Crippen LogP contribution in [-0.2, 0) is 4.79 Å². The van der Waals surface area contributed by atoms with Crippen molar-refractivity contribution in [2.45, 2.75) is 0 Å². The number of hydrogen-bond donors (Lipinski definition) is 1. The monoisotopic (exact) mass is 366 g/mol. The number of halogens is 1. The van der Waals surface area contributed by atoms with Gasteiger partial charge in [-0.15, -0.1) is 6.42 Å². The molecule has 26 heavy (non-hydrogen) atoms. The molecule has 0 heterocycles. The highest BCUT2D eigenvalue weighted by atomic mass is 35.5. The van der Waals surface area contributed by atoms with E-state index in [0.717, 1.165) is 0 Å². The second-order valence-electron chi connectivity index (χ2n) is 5.04. The third-order valence-corrected chi connectivity index (χ3v) is 3.58. The molecular weight excluding hydrogens is 352 g/mol. The molecule has 2 aromatic rings. The van der Waals surface area contributed by atoms with Gasteiger partial charge in [0.2, 0.25) is 0 Å². The van der Waals surface area contributed by atoms with Gasteiger partial charge in [0.15, 0.2) is 0 Å². The smallest absolute Gasteiger partial charge is 0.266 e. The lowest BCUT2D eigenvalue weighted by Crippen LogP contribution is -2.13. The van der Waals surface area contributed by atoms with Crippen molar-refractivity contribution < 1.29 is 14.3 Å². The number of carbonyl (C=O) groups excluding carboxylic acids is 1. The molecule has 0 atom stereocenters. The van der Waals surface area contributed by atoms with Crippen LogP contribution in [0.25, 0.3) is 6.08 Å². The zero-order valence-electron chi connectivity index (χ0n) is 14.0. The number of ether oxygens (including phenoxy) is 2. The number of rotatable bonds is 6. The van der Waals surface area contributed by atoms with Crippen LogP contribution in [0.2, 0.25) is 5.02 Å². The maximum absolute atomic E-state index is 12.3. The Morgan fingerprint density at radius 1 is 1.31 bits per heavy atom. The molecule has 0 aromatic heterocycles. The van der Waals surface area contributed by atoms with Gasteiger partial charge < -0.3 is 14.8 Å². The van der Waals surface area contributed by atoms with Gasteiger partial charge >= 0.3 is 0 Å². The van der Waals surface area contributed by atoms with Crippen LogP contribution in [0.4, 0.5) is 5.69 Å². The average Bonchev–Trinajstić information content (AvgIpc) is 2.65. The van der Waals surface area contributed by atoms with E-state index in [2.05, 4.69) is 11.2 Å². The summed E-state index contributed by atoms with van der Waals surface area (Å²) >= 11 is 6.03. The van der Waals surface area contributed by atoms with Crippen LogP contribution in [0.15, 0.2) is 48.0 Å². The molecule has 0 aliphatic rings. The molecular formula is C20H15ClN2O3. The average molecular weight is 367 g/mol. The molecule has 0 aliphatic carbocycles. The summed E-state index contributed by atoms with van der Waals surface area (Å²) in [6.07, 6.45) is 6.61. The molecule has 0 saturated carbocycles. The summed E-state index contributed by atoms with van der Waals surface area (Å²) in [5.74, 6) is 2.93. The molecule has 0 unspecified atom stereocenters. The van der Waals surface area contributed by atoms with Crippen LogP contribution in [0.3, 0.4) is 0 Å². The number of nitriles is 1. The minimum absolute atomic E-state index is 0.0470. The van der Waals surface area contributed by atoms with Gasteiger partial charge in [0.1, 0.15) is 29.7 Å². The summed E-state index contributed by atoms with van der Waals surface area (Å²) in [4.78, 5) is 12.3. The lowest BCUT2D eigenvalue weighted by Gasteiger charge is -2.07. The van der Waals surface area contributed by atoms with E-state index in [-0.39, 0.29) is 12.2 Å². The third kappa shape index (κ3) is 5.04. The van der Waals surface area contributed by atoms with Crippen molar-refractivity contribution in [1.82, 2.24) is 0 Å². The van der Waals surface area contributed by atoms with Gasteiger partial charge in [-0.3, -0.25) is 4.79 Å². The molecule has 6 heteroatoms. The van der Waals surface area contributed by atoms with E-state index < -0.39 is 5.91 Å². The number of nitrogens with one attached hydrogen (secondary N) is 1. The molecule has 0 fully saturated rings. The number of nitrogens with zero attached hydrogens (tertiary/aromatic N) is 1. The summed E-state index contributed by atoms with van der Waals surface area (Å²) < 4.78 is 10.3. The molecule has 0 radical (unpaired) electrons. The Morgan fingerprint density at radius 3 is 2.62 bits per heavy atom. The van der Waals surface area contributed by atoms with E-state index in [1.165, 1.54) is 13.2 Å². The van der Waals surface area contributed by atoms with Crippen molar-refractivity contribution in [2.24, 2.45) is 0 Å². The first kappa shape index (κ1) is 18.9. The topological polar surface area (TPSA) is 71.3 Å². The van der Waals surface area contributed by atoms with Gasteiger partial charge in [-0.25, -0.2) is 0 Å². The Balaban J connectivity index is 2.13. The second kappa shape index (κ2) is 9.17. The summed E-state index contributed by atoms with van der Waals surface area (Å²) in [6, 6.07) is 13.6. The second-order valence-corrected chi connectivity index (χ2v) is 5.44. The quantitative estimate of drug-likeness (QED) is 0.478. The normalized spacial score (nSPS) is 10.4. The summed E-state index contributed by atoms with van der Waals surface area (Å²) in [5.41, 5.74) is 1.09. The molecule has 0 spiro atoms. The van der Waals surface area contributed by atoms with Crippen LogP contribution in [0, 0.1) is 23.7 Å². The summed E-state index contributed by atoms with van der Waals surface area (Å²) in [6.45, 7) is 0.172. The molecule has 130 valence electrons. The number of methoxy groups -OCH3 is 1. The number of anilines is 1. The molecule has 0 aliphatic heterocycles. The molecule has 2 rings (SSSR count). The van der Waals surface area contributed by atoms with Gasteiger partial charge in [-0.05, 0) is 42.0 Å². The molecule has 5 nitrogen and oxygen atoms in total. The number of hydrogen-bond acceptors (Lipinski definition) is 4. The molecule has 1 N–H and O–H groups in total. The number of carbonyl (C=O) groups is 1. The van der Waals surface area contributed by atoms with Crippen LogP contribution in [-0.4, -0.2) is 19.6 Å². The maximum Gasteiger partial charge on any atom is 0.266 e. The predicted molar refractivity (Wildman–Crippen MR) is 101 cm³/mol.